The Morgan fingerprint density at radius 2 is 0.586 bits per heavy atom. The first-order valence-electron chi connectivity index (χ1n) is 29.6. The van der Waals surface area contributed by atoms with Crippen LogP contribution in [-0.4, -0.2) is 37.2 Å². The van der Waals surface area contributed by atoms with Crippen molar-refractivity contribution in [2.45, 2.75) is 290 Å². The van der Waals surface area contributed by atoms with E-state index in [0.717, 1.165) is 116 Å². The Bertz CT molecular complexity index is 1350. The molecule has 0 saturated heterocycles. The zero-order valence-corrected chi connectivity index (χ0v) is 46.0. The van der Waals surface area contributed by atoms with Crippen molar-refractivity contribution in [3.63, 3.8) is 0 Å². The van der Waals surface area contributed by atoms with Gasteiger partial charge in [-0.3, -0.25) is 14.4 Å². The lowest BCUT2D eigenvalue weighted by molar-refractivity contribution is -0.167. The molecule has 0 aromatic carbocycles. The predicted octanol–water partition coefficient (Wildman–Crippen LogP) is 19.9. The molecule has 0 rings (SSSR count). The Balaban J connectivity index is 4.16. The molecule has 1 atom stereocenters. The molecule has 0 saturated carbocycles. The van der Waals surface area contributed by atoms with Gasteiger partial charge in [0.05, 0.1) is 0 Å². The second-order valence-corrected chi connectivity index (χ2v) is 19.5. The van der Waals surface area contributed by atoms with E-state index in [9.17, 15) is 14.4 Å². The Morgan fingerprint density at radius 1 is 0.300 bits per heavy atom. The van der Waals surface area contributed by atoms with Crippen molar-refractivity contribution < 1.29 is 28.6 Å². The lowest BCUT2D eigenvalue weighted by atomic mass is 10.0. The van der Waals surface area contributed by atoms with Gasteiger partial charge in [0, 0.05) is 19.3 Å². The second kappa shape index (κ2) is 58.2. The summed E-state index contributed by atoms with van der Waals surface area (Å²) in [6, 6.07) is 0. The number of ether oxygens (including phenoxy) is 3. The van der Waals surface area contributed by atoms with Crippen molar-refractivity contribution in [2.24, 2.45) is 0 Å². The maximum Gasteiger partial charge on any atom is 0.306 e. The van der Waals surface area contributed by atoms with Crippen LogP contribution in [0.25, 0.3) is 0 Å². The van der Waals surface area contributed by atoms with E-state index >= 15 is 0 Å². The summed E-state index contributed by atoms with van der Waals surface area (Å²) in [5.74, 6) is -0.929. The van der Waals surface area contributed by atoms with Gasteiger partial charge >= 0.3 is 17.9 Å². The normalized spacial score (nSPS) is 12.7. The first-order valence-corrected chi connectivity index (χ1v) is 29.6. The van der Waals surface area contributed by atoms with Crippen LogP contribution in [0.5, 0.6) is 0 Å². The number of unbranched alkanes of at least 4 members (excludes halogenated alkanes) is 28. The molecule has 0 amide bonds. The van der Waals surface area contributed by atoms with Crippen LogP contribution in [-0.2, 0) is 28.6 Å². The molecule has 1 unspecified atom stereocenters. The average Bonchev–Trinajstić information content (AvgIpc) is 3.36. The van der Waals surface area contributed by atoms with E-state index in [4.69, 9.17) is 14.2 Å². The lowest BCUT2D eigenvalue weighted by Gasteiger charge is -2.18. The van der Waals surface area contributed by atoms with Crippen LogP contribution in [0.1, 0.15) is 284 Å². The van der Waals surface area contributed by atoms with Gasteiger partial charge in [0.2, 0.25) is 0 Å². The number of hydrogen-bond acceptors (Lipinski definition) is 6. The minimum atomic E-state index is -0.794. The smallest absolute Gasteiger partial charge is 0.306 e. The van der Waals surface area contributed by atoms with Crippen LogP contribution in [0.4, 0.5) is 0 Å². The molecule has 0 radical (unpaired) electrons. The largest absolute Gasteiger partial charge is 0.462 e. The summed E-state index contributed by atoms with van der Waals surface area (Å²) >= 11 is 0. The minimum Gasteiger partial charge on any atom is -0.462 e. The third-order valence-electron chi connectivity index (χ3n) is 12.6. The van der Waals surface area contributed by atoms with E-state index in [2.05, 4.69) is 106 Å². The van der Waals surface area contributed by atoms with E-state index in [0.29, 0.717) is 19.3 Å². The van der Waals surface area contributed by atoms with E-state index in [1.165, 1.54) is 128 Å². The van der Waals surface area contributed by atoms with Crippen molar-refractivity contribution in [1.82, 2.24) is 0 Å². The van der Waals surface area contributed by atoms with Gasteiger partial charge in [-0.1, -0.05) is 241 Å². The highest BCUT2D eigenvalue weighted by molar-refractivity contribution is 5.71. The summed E-state index contributed by atoms with van der Waals surface area (Å²) in [6.07, 6.45) is 76.0. The van der Waals surface area contributed by atoms with Crippen LogP contribution in [0.3, 0.4) is 0 Å². The summed E-state index contributed by atoms with van der Waals surface area (Å²) in [5, 5.41) is 0. The maximum absolute atomic E-state index is 12.8. The Morgan fingerprint density at radius 3 is 0.957 bits per heavy atom. The first kappa shape index (κ1) is 66.6. The van der Waals surface area contributed by atoms with Gasteiger partial charge in [0.25, 0.3) is 0 Å². The quantitative estimate of drug-likeness (QED) is 0.0261. The van der Waals surface area contributed by atoms with Crippen molar-refractivity contribution >= 4 is 17.9 Å². The van der Waals surface area contributed by atoms with Gasteiger partial charge in [0.1, 0.15) is 13.2 Å². The molecular formula is C64H110O6. The molecule has 0 fully saturated rings. The molecule has 0 aromatic heterocycles. The molecular weight excluding hydrogens is 865 g/mol. The van der Waals surface area contributed by atoms with Crippen LogP contribution in [0.2, 0.25) is 0 Å². The Labute approximate surface area is 433 Å². The molecule has 0 N–H and O–H groups in total. The summed E-state index contributed by atoms with van der Waals surface area (Å²) in [7, 11) is 0. The summed E-state index contributed by atoms with van der Waals surface area (Å²) in [5.41, 5.74) is 0. The molecule has 70 heavy (non-hydrogen) atoms. The fourth-order valence-corrected chi connectivity index (χ4v) is 8.17. The van der Waals surface area contributed by atoms with E-state index in [1.54, 1.807) is 0 Å². The minimum absolute atomic E-state index is 0.0907. The van der Waals surface area contributed by atoms with Gasteiger partial charge < -0.3 is 14.2 Å². The van der Waals surface area contributed by atoms with Crippen molar-refractivity contribution in [1.29, 1.82) is 0 Å². The van der Waals surface area contributed by atoms with Gasteiger partial charge in [-0.15, -0.1) is 0 Å². The number of esters is 3. The molecule has 402 valence electrons. The molecule has 0 aliphatic carbocycles. The second-order valence-electron chi connectivity index (χ2n) is 19.5. The molecule has 0 spiro atoms. The van der Waals surface area contributed by atoms with Gasteiger partial charge in [0.15, 0.2) is 6.10 Å². The number of hydrogen-bond donors (Lipinski definition) is 0. The standard InChI is InChI=1S/C64H110O6/c1-4-7-10-13-16-19-22-24-25-26-27-28-29-30-31-32-33-34-35-36-37-38-39-41-42-45-48-51-54-57-63(66)69-60-61(59-68-62(65)56-53-50-47-44-21-18-15-12-9-6-3)70-64(67)58-55-52-49-46-43-40-23-20-17-14-11-8-5-2/h8,11-12,15,17,20,22,24,26-27,29-30,40,43,61H,4-7,9-10,13-14,16,18-19,21,23,25,28,31-39,41-42,44-60H2,1-3H3/b11-8-,15-12-,20-17-,24-22-,27-26-,30-29-,43-40-. The molecule has 0 heterocycles. The average molecular weight is 976 g/mol. The van der Waals surface area contributed by atoms with E-state index < -0.39 is 6.10 Å². The first-order chi connectivity index (χ1) is 34.5. The Kier molecular flexibility index (Phi) is 55.3. The Hall–Kier alpha value is -3.41. The molecule has 0 aliphatic heterocycles. The number of rotatable bonds is 53. The molecule has 6 nitrogen and oxygen atoms in total. The van der Waals surface area contributed by atoms with Crippen LogP contribution in [0.15, 0.2) is 85.1 Å². The van der Waals surface area contributed by atoms with Crippen LogP contribution in [0, 0.1) is 0 Å². The van der Waals surface area contributed by atoms with Crippen LogP contribution < -0.4 is 0 Å². The molecule has 0 aromatic rings. The maximum atomic E-state index is 12.8. The number of carbonyl (C=O) groups excluding carboxylic acids is 3. The fraction of sp³-hybridized carbons (Fsp3) is 0.734. The summed E-state index contributed by atoms with van der Waals surface area (Å²) < 4.78 is 16.8. The van der Waals surface area contributed by atoms with Gasteiger partial charge in [-0.25, -0.2) is 0 Å². The lowest BCUT2D eigenvalue weighted by Crippen LogP contribution is -2.30. The molecule has 6 heteroatoms. The van der Waals surface area contributed by atoms with Crippen molar-refractivity contribution in [3.8, 4) is 0 Å². The van der Waals surface area contributed by atoms with Crippen molar-refractivity contribution in [3.05, 3.63) is 85.1 Å². The highest BCUT2D eigenvalue weighted by atomic mass is 16.6. The molecule has 0 aliphatic rings. The van der Waals surface area contributed by atoms with Crippen molar-refractivity contribution in [2.75, 3.05) is 13.2 Å². The summed E-state index contributed by atoms with van der Waals surface area (Å²) in [4.78, 5) is 38.0. The predicted molar refractivity (Wildman–Crippen MR) is 302 cm³/mol. The van der Waals surface area contributed by atoms with Crippen LogP contribution >= 0.6 is 0 Å². The van der Waals surface area contributed by atoms with Gasteiger partial charge in [-0.2, -0.15) is 0 Å². The number of allylic oxidation sites excluding steroid dienone is 14. The zero-order valence-electron chi connectivity index (χ0n) is 46.0. The third-order valence-corrected chi connectivity index (χ3v) is 12.6. The highest BCUT2D eigenvalue weighted by Gasteiger charge is 2.19. The monoisotopic (exact) mass is 975 g/mol. The molecule has 0 bridgehead atoms. The highest BCUT2D eigenvalue weighted by Crippen LogP contribution is 2.16. The summed E-state index contributed by atoms with van der Waals surface area (Å²) in [6.45, 7) is 6.43. The van der Waals surface area contributed by atoms with E-state index in [-0.39, 0.29) is 31.1 Å². The van der Waals surface area contributed by atoms with E-state index in [1.807, 2.05) is 0 Å². The SMILES string of the molecule is CC/C=C\C/C=C\C/C=C\CCCCCC(=O)OC(COC(=O)CCCCCCC/C=C\CCC)COC(=O)CCCCCCCCCCCCCCCC/C=C\C/C=C\C/C=C\CCCCCCC. The third kappa shape index (κ3) is 55.5. The fourth-order valence-electron chi connectivity index (χ4n) is 8.17. The topological polar surface area (TPSA) is 78.9 Å². The van der Waals surface area contributed by atoms with Gasteiger partial charge in [-0.05, 0) is 109 Å². The zero-order chi connectivity index (χ0) is 50.7. The number of carbonyl (C=O) groups is 3.